The van der Waals surface area contributed by atoms with Gasteiger partial charge in [0.25, 0.3) is 0 Å². The molecule has 3 aromatic rings. The second-order valence-corrected chi connectivity index (χ2v) is 9.23. The number of fused-ring (bicyclic) bond motifs is 1. The van der Waals surface area contributed by atoms with Gasteiger partial charge in [0, 0.05) is 24.0 Å². The molecule has 0 aliphatic heterocycles. The largest absolute Gasteiger partial charge is 0.506 e. The smallest absolute Gasteiger partial charge is 0.170 e. The Morgan fingerprint density at radius 1 is 1.14 bits per heavy atom. The van der Waals surface area contributed by atoms with E-state index in [4.69, 9.17) is 0 Å². The molecule has 0 saturated heterocycles. The summed E-state index contributed by atoms with van der Waals surface area (Å²) in [6.07, 6.45) is 0.444. The van der Waals surface area contributed by atoms with Crippen LogP contribution in [0.3, 0.4) is 0 Å². The molecule has 1 N–H and O–H groups in total. The first-order chi connectivity index (χ1) is 13.7. The molecule has 1 aliphatic carbocycles. The summed E-state index contributed by atoms with van der Waals surface area (Å²) in [6.45, 7) is 5.54. The minimum Gasteiger partial charge on any atom is -0.506 e. The minimum atomic E-state index is -0.397. The Balaban J connectivity index is 1.82. The van der Waals surface area contributed by atoms with E-state index in [-0.39, 0.29) is 41.6 Å². The number of nitrogens with zero attached hydrogens (tertiary/aromatic N) is 1. The van der Waals surface area contributed by atoms with Crippen molar-refractivity contribution < 1.29 is 19.1 Å². The number of carbonyl (C=O) groups is 2. The lowest BCUT2D eigenvalue weighted by Gasteiger charge is -2.29. The lowest BCUT2D eigenvalue weighted by molar-refractivity contribution is -0.127. The normalized spacial score (nSPS) is 16.5. The van der Waals surface area contributed by atoms with Gasteiger partial charge in [-0.2, -0.15) is 0 Å². The van der Waals surface area contributed by atoms with Gasteiger partial charge in [-0.3, -0.25) is 9.59 Å². The lowest BCUT2D eigenvalue weighted by atomic mass is 9.73. The number of allylic oxidation sites excluding steroid dienone is 1. The van der Waals surface area contributed by atoms with Gasteiger partial charge in [0.15, 0.2) is 11.6 Å². The molecule has 2 aromatic carbocycles. The fraction of sp³-hybridized carbons (Fsp3) is 0.261. The molecular formula is C23H20FNO3S. The van der Waals surface area contributed by atoms with E-state index in [1.165, 1.54) is 23.5 Å². The number of aliphatic hydroxyl groups is 1. The number of aromatic nitrogens is 1. The number of Topliss-reactive ketones (excluding diaryl/α,β-unsaturated/α-hetero) is 2. The molecule has 1 saturated carbocycles. The zero-order valence-corrected chi connectivity index (χ0v) is 17.2. The van der Waals surface area contributed by atoms with E-state index < -0.39 is 5.41 Å². The van der Waals surface area contributed by atoms with E-state index in [1.54, 1.807) is 31.2 Å². The maximum atomic E-state index is 13.6. The molecular weight excluding hydrogens is 389 g/mol. The molecule has 1 aromatic heterocycles. The second kappa shape index (κ2) is 6.88. The standard InChI is InChI=1S/C23H20FNO3S/c1-12-15(21(28)19-16(26)10-23(2,3)11-17(19)27)7-8-18-20(12)25-22(29-18)13-5-4-6-14(24)9-13/h4-9,28H,10-11H2,1-3H3. The molecule has 0 radical (unpaired) electrons. The summed E-state index contributed by atoms with van der Waals surface area (Å²) >= 11 is 1.42. The van der Waals surface area contributed by atoms with Gasteiger partial charge in [0.05, 0.1) is 10.2 Å². The van der Waals surface area contributed by atoms with Crippen molar-refractivity contribution in [3.63, 3.8) is 0 Å². The quantitative estimate of drug-likeness (QED) is 0.338. The maximum Gasteiger partial charge on any atom is 0.170 e. The first-order valence-electron chi connectivity index (χ1n) is 9.32. The second-order valence-electron chi connectivity index (χ2n) is 8.20. The molecule has 4 rings (SSSR count). The predicted octanol–water partition coefficient (Wildman–Crippen LogP) is 5.64. The highest BCUT2D eigenvalue weighted by atomic mass is 32.1. The number of halogens is 1. The molecule has 29 heavy (non-hydrogen) atoms. The third kappa shape index (κ3) is 3.49. The van der Waals surface area contributed by atoms with Gasteiger partial charge >= 0.3 is 0 Å². The van der Waals surface area contributed by atoms with Crippen molar-refractivity contribution in [2.75, 3.05) is 0 Å². The van der Waals surface area contributed by atoms with Gasteiger partial charge in [-0.25, -0.2) is 9.37 Å². The van der Waals surface area contributed by atoms with Crippen molar-refractivity contribution in [3.8, 4) is 10.6 Å². The average molecular weight is 409 g/mol. The number of aliphatic hydroxyl groups excluding tert-OH is 1. The molecule has 0 amide bonds. The number of thiazole rings is 1. The fourth-order valence-corrected chi connectivity index (χ4v) is 4.81. The van der Waals surface area contributed by atoms with Crippen LogP contribution in [0.25, 0.3) is 26.5 Å². The van der Waals surface area contributed by atoms with E-state index in [1.807, 2.05) is 13.8 Å². The monoisotopic (exact) mass is 409 g/mol. The average Bonchev–Trinajstić information content (AvgIpc) is 3.05. The third-order valence-electron chi connectivity index (χ3n) is 5.21. The summed E-state index contributed by atoms with van der Waals surface area (Å²) in [7, 11) is 0. The van der Waals surface area contributed by atoms with Gasteiger partial charge in [-0.15, -0.1) is 11.3 Å². The SMILES string of the molecule is Cc1c(C(O)=C2C(=O)CC(C)(C)CC2=O)ccc2sc(-c3cccc(F)c3)nc12. The predicted molar refractivity (Wildman–Crippen MR) is 112 cm³/mol. The zero-order chi connectivity index (χ0) is 20.9. The highest BCUT2D eigenvalue weighted by Gasteiger charge is 2.38. The Morgan fingerprint density at radius 2 is 1.83 bits per heavy atom. The van der Waals surface area contributed by atoms with Crippen LogP contribution in [0.2, 0.25) is 0 Å². The lowest BCUT2D eigenvalue weighted by Crippen LogP contribution is -2.32. The van der Waals surface area contributed by atoms with E-state index in [0.717, 1.165) is 4.70 Å². The van der Waals surface area contributed by atoms with Crippen LogP contribution in [-0.2, 0) is 9.59 Å². The third-order valence-corrected chi connectivity index (χ3v) is 6.28. The van der Waals surface area contributed by atoms with Crippen molar-refractivity contribution >= 4 is 38.9 Å². The number of ketones is 2. The molecule has 1 aliphatic rings. The summed E-state index contributed by atoms with van der Waals surface area (Å²) in [5.74, 6) is -1.28. The van der Waals surface area contributed by atoms with Gasteiger partial charge in [0.1, 0.15) is 22.2 Å². The molecule has 0 spiro atoms. The number of benzene rings is 2. The van der Waals surface area contributed by atoms with Crippen LogP contribution in [0.4, 0.5) is 4.39 Å². The van der Waals surface area contributed by atoms with E-state index >= 15 is 0 Å². The highest BCUT2D eigenvalue weighted by molar-refractivity contribution is 7.21. The van der Waals surface area contributed by atoms with Crippen molar-refractivity contribution in [2.24, 2.45) is 5.41 Å². The summed E-state index contributed by atoms with van der Waals surface area (Å²) < 4.78 is 14.4. The van der Waals surface area contributed by atoms with Crippen LogP contribution in [0.1, 0.15) is 37.8 Å². The Hall–Kier alpha value is -2.86. The van der Waals surface area contributed by atoms with E-state index in [9.17, 15) is 19.1 Å². The Bertz CT molecular complexity index is 1180. The summed E-state index contributed by atoms with van der Waals surface area (Å²) in [6, 6.07) is 9.73. The molecule has 148 valence electrons. The number of aryl methyl sites for hydroxylation is 1. The molecule has 1 fully saturated rings. The van der Waals surface area contributed by atoms with Crippen molar-refractivity contribution in [3.05, 3.63) is 58.9 Å². The first-order valence-corrected chi connectivity index (χ1v) is 10.1. The Morgan fingerprint density at radius 3 is 2.48 bits per heavy atom. The fourth-order valence-electron chi connectivity index (χ4n) is 3.79. The maximum absolute atomic E-state index is 13.6. The summed E-state index contributed by atoms with van der Waals surface area (Å²) in [4.78, 5) is 29.7. The van der Waals surface area contributed by atoms with Crippen LogP contribution in [0.15, 0.2) is 42.0 Å². The molecule has 4 nitrogen and oxygen atoms in total. The van der Waals surface area contributed by atoms with Crippen LogP contribution < -0.4 is 0 Å². The first kappa shape index (κ1) is 19.5. The molecule has 0 bridgehead atoms. The number of rotatable bonds is 2. The van der Waals surface area contributed by atoms with Gasteiger partial charge in [-0.05, 0) is 42.2 Å². The molecule has 0 unspecified atom stereocenters. The Labute approximate surface area is 171 Å². The highest BCUT2D eigenvalue weighted by Crippen LogP contribution is 2.38. The van der Waals surface area contributed by atoms with Crippen molar-refractivity contribution in [2.45, 2.75) is 33.6 Å². The van der Waals surface area contributed by atoms with Gasteiger partial charge in [0.2, 0.25) is 0 Å². The van der Waals surface area contributed by atoms with Crippen LogP contribution >= 0.6 is 11.3 Å². The topological polar surface area (TPSA) is 67.3 Å². The number of carbonyl (C=O) groups excluding carboxylic acids is 2. The Kier molecular flexibility index (Phi) is 4.62. The van der Waals surface area contributed by atoms with Gasteiger partial charge < -0.3 is 5.11 Å². The van der Waals surface area contributed by atoms with Crippen LogP contribution in [0.5, 0.6) is 0 Å². The molecule has 1 heterocycles. The van der Waals surface area contributed by atoms with Crippen LogP contribution in [0, 0.1) is 18.2 Å². The summed E-state index contributed by atoms with van der Waals surface area (Å²) in [5.41, 5.74) is 1.92. The number of hydrogen-bond donors (Lipinski definition) is 1. The summed E-state index contributed by atoms with van der Waals surface area (Å²) in [5, 5.41) is 11.5. The van der Waals surface area contributed by atoms with Crippen LogP contribution in [-0.4, -0.2) is 21.7 Å². The van der Waals surface area contributed by atoms with Crippen molar-refractivity contribution in [1.82, 2.24) is 4.98 Å². The zero-order valence-electron chi connectivity index (χ0n) is 16.4. The van der Waals surface area contributed by atoms with Gasteiger partial charge in [-0.1, -0.05) is 26.0 Å². The molecule has 0 atom stereocenters. The van der Waals surface area contributed by atoms with Crippen molar-refractivity contribution in [1.29, 1.82) is 0 Å². The minimum absolute atomic E-state index is 0.118. The number of hydrogen-bond acceptors (Lipinski definition) is 5. The molecule has 6 heteroatoms. The van der Waals surface area contributed by atoms with E-state index in [2.05, 4.69) is 4.98 Å². The van der Waals surface area contributed by atoms with E-state index in [0.29, 0.717) is 27.2 Å².